The van der Waals surface area contributed by atoms with E-state index in [1.807, 2.05) is 13.8 Å². The fourth-order valence-electron chi connectivity index (χ4n) is 1.44. The van der Waals surface area contributed by atoms with E-state index in [0.717, 1.165) is 12.0 Å². The third kappa shape index (κ3) is 1.84. The molecular weight excluding hydrogens is 182 g/mol. The third-order valence-corrected chi connectivity index (χ3v) is 2.19. The maximum atomic E-state index is 10.5. The van der Waals surface area contributed by atoms with Gasteiger partial charge in [-0.05, 0) is 18.9 Å². The summed E-state index contributed by atoms with van der Waals surface area (Å²) in [5.74, 6) is -0.183. The van der Waals surface area contributed by atoms with E-state index in [1.165, 1.54) is 6.07 Å². The first-order chi connectivity index (χ1) is 6.57. The molecule has 0 aliphatic heterocycles. The van der Waals surface area contributed by atoms with Crippen LogP contribution in [0.2, 0.25) is 0 Å². The third-order valence-electron chi connectivity index (χ3n) is 2.19. The van der Waals surface area contributed by atoms with Crippen LogP contribution in [0.1, 0.15) is 24.5 Å². The molecule has 76 valence electrons. The van der Waals surface area contributed by atoms with Crippen LogP contribution in [-0.4, -0.2) is 10.0 Å². The highest BCUT2D eigenvalue weighted by molar-refractivity contribution is 5.53. The Hall–Kier alpha value is -1.58. The molecule has 0 aliphatic carbocycles. The lowest BCUT2D eigenvalue weighted by molar-refractivity contribution is -0.385. The summed E-state index contributed by atoms with van der Waals surface area (Å²) < 4.78 is 0. The largest absolute Gasteiger partial charge is 0.502 e. The van der Waals surface area contributed by atoms with Gasteiger partial charge in [-0.25, -0.2) is 0 Å². The van der Waals surface area contributed by atoms with Gasteiger partial charge in [0.15, 0.2) is 5.75 Å². The van der Waals surface area contributed by atoms with E-state index < -0.39 is 4.92 Å². The molecule has 0 bridgehead atoms. The average molecular weight is 195 g/mol. The minimum Gasteiger partial charge on any atom is -0.502 e. The molecular formula is C10H13NO3. The maximum Gasteiger partial charge on any atom is 0.311 e. The van der Waals surface area contributed by atoms with Gasteiger partial charge in [-0.15, -0.1) is 0 Å². The smallest absolute Gasteiger partial charge is 0.311 e. The van der Waals surface area contributed by atoms with E-state index in [0.29, 0.717) is 12.0 Å². The Kier molecular flexibility index (Phi) is 3.06. The van der Waals surface area contributed by atoms with Crippen molar-refractivity contribution in [1.82, 2.24) is 0 Å². The predicted octanol–water partition coefficient (Wildman–Crippen LogP) is 2.56. The van der Waals surface area contributed by atoms with Gasteiger partial charge >= 0.3 is 5.69 Å². The number of nitro benzene ring substituents is 1. The molecule has 4 nitrogen and oxygen atoms in total. The van der Waals surface area contributed by atoms with Gasteiger partial charge in [0.05, 0.1) is 4.92 Å². The van der Waals surface area contributed by atoms with Gasteiger partial charge in [-0.1, -0.05) is 19.4 Å². The van der Waals surface area contributed by atoms with E-state index >= 15 is 0 Å². The molecule has 0 heterocycles. The summed E-state index contributed by atoms with van der Waals surface area (Å²) in [4.78, 5) is 9.97. The average Bonchev–Trinajstić information content (AvgIpc) is 2.11. The summed E-state index contributed by atoms with van der Waals surface area (Å²) in [7, 11) is 0. The van der Waals surface area contributed by atoms with E-state index in [1.54, 1.807) is 6.07 Å². The number of phenolic OH excluding ortho intramolecular Hbond substituents is 1. The zero-order valence-corrected chi connectivity index (χ0v) is 8.28. The minimum atomic E-state index is -0.562. The van der Waals surface area contributed by atoms with Crippen LogP contribution in [0.25, 0.3) is 0 Å². The van der Waals surface area contributed by atoms with Crippen molar-refractivity contribution < 1.29 is 10.0 Å². The minimum absolute atomic E-state index is 0.183. The number of rotatable bonds is 3. The van der Waals surface area contributed by atoms with Crippen molar-refractivity contribution in [1.29, 1.82) is 0 Å². The molecule has 0 atom stereocenters. The van der Waals surface area contributed by atoms with Crippen LogP contribution < -0.4 is 0 Å². The van der Waals surface area contributed by atoms with Crippen molar-refractivity contribution in [2.45, 2.75) is 26.7 Å². The zero-order valence-electron chi connectivity index (χ0n) is 8.28. The van der Waals surface area contributed by atoms with Crippen LogP contribution in [0, 0.1) is 17.0 Å². The topological polar surface area (TPSA) is 63.4 Å². The van der Waals surface area contributed by atoms with Crippen LogP contribution in [0.4, 0.5) is 5.69 Å². The van der Waals surface area contributed by atoms with E-state index in [4.69, 9.17) is 0 Å². The van der Waals surface area contributed by atoms with Crippen molar-refractivity contribution in [2.24, 2.45) is 0 Å². The monoisotopic (exact) mass is 195 g/mol. The van der Waals surface area contributed by atoms with Crippen molar-refractivity contribution in [3.8, 4) is 5.75 Å². The molecule has 1 aromatic carbocycles. The molecule has 0 unspecified atom stereocenters. The molecule has 0 spiro atoms. The van der Waals surface area contributed by atoms with Gasteiger partial charge in [0.1, 0.15) is 0 Å². The predicted molar refractivity (Wildman–Crippen MR) is 53.5 cm³/mol. The van der Waals surface area contributed by atoms with Crippen molar-refractivity contribution in [3.63, 3.8) is 0 Å². The van der Waals surface area contributed by atoms with Gasteiger partial charge < -0.3 is 5.11 Å². The zero-order chi connectivity index (χ0) is 10.7. The van der Waals surface area contributed by atoms with E-state index in [2.05, 4.69) is 0 Å². The van der Waals surface area contributed by atoms with Gasteiger partial charge in [0.25, 0.3) is 0 Å². The molecule has 4 heteroatoms. The highest BCUT2D eigenvalue weighted by atomic mass is 16.6. The second-order valence-electron chi connectivity index (χ2n) is 3.24. The molecule has 0 radical (unpaired) electrons. The van der Waals surface area contributed by atoms with Crippen molar-refractivity contribution in [2.75, 3.05) is 0 Å². The Labute approximate surface area is 82.3 Å². The number of nitrogens with zero attached hydrogens (tertiary/aromatic N) is 1. The highest BCUT2D eigenvalue weighted by Gasteiger charge is 2.17. The van der Waals surface area contributed by atoms with Crippen molar-refractivity contribution in [3.05, 3.63) is 33.4 Å². The summed E-state index contributed by atoms with van der Waals surface area (Å²) in [5, 5.41) is 20.2. The molecule has 1 aromatic rings. The first-order valence-corrected chi connectivity index (χ1v) is 4.53. The molecule has 1 N–H and O–H groups in total. The lowest BCUT2D eigenvalue weighted by atomic mass is 10.0. The standard InChI is InChI=1S/C10H13NO3/c1-3-4-8-7(2)5-6-9(10(8)12)11(13)14/h5-6,12H,3-4H2,1-2H3. The molecule has 0 aromatic heterocycles. The Morgan fingerprint density at radius 1 is 1.50 bits per heavy atom. The maximum absolute atomic E-state index is 10.5. The number of hydrogen-bond acceptors (Lipinski definition) is 3. The summed E-state index contributed by atoms with van der Waals surface area (Å²) in [6, 6.07) is 3.01. The number of benzene rings is 1. The molecule has 0 saturated heterocycles. The van der Waals surface area contributed by atoms with Gasteiger partial charge in [0.2, 0.25) is 0 Å². The number of phenols is 1. The van der Waals surface area contributed by atoms with Crippen LogP contribution in [0.5, 0.6) is 5.75 Å². The normalized spacial score (nSPS) is 10.1. The van der Waals surface area contributed by atoms with E-state index in [9.17, 15) is 15.2 Å². The quantitative estimate of drug-likeness (QED) is 0.595. The molecule has 0 amide bonds. The van der Waals surface area contributed by atoms with Crippen LogP contribution >= 0.6 is 0 Å². The van der Waals surface area contributed by atoms with Gasteiger partial charge in [-0.3, -0.25) is 10.1 Å². The number of hydrogen-bond donors (Lipinski definition) is 1. The lowest BCUT2D eigenvalue weighted by Gasteiger charge is -2.06. The molecule has 0 saturated carbocycles. The number of aryl methyl sites for hydroxylation is 1. The Morgan fingerprint density at radius 2 is 2.14 bits per heavy atom. The van der Waals surface area contributed by atoms with Crippen molar-refractivity contribution >= 4 is 5.69 Å². The highest BCUT2D eigenvalue weighted by Crippen LogP contribution is 2.32. The fraction of sp³-hybridized carbons (Fsp3) is 0.400. The van der Waals surface area contributed by atoms with Gasteiger partial charge in [0, 0.05) is 11.6 Å². The second-order valence-corrected chi connectivity index (χ2v) is 3.24. The SMILES string of the molecule is CCCc1c(C)ccc([N+](=O)[O-])c1O. The van der Waals surface area contributed by atoms with Crippen LogP contribution in [0.3, 0.4) is 0 Å². The van der Waals surface area contributed by atoms with Crippen LogP contribution in [-0.2, 0) is 6.42 Å². The Bertz CT molecular complexity index is 361. The first-order valence-electron chi connectivity index (χ1n) is 4.53. The summed E-state index contributed by atoms with van der Waals surface area (Å²) in [6.07, 6.45) is 1.52. The lowest BCUT2D eigenvalue weighted by Crippen LogP contribution is -1.95. The van der Waals surface area contributed by atoms with E-state index in [-0.39, 0.29) is 11.4 Å². The Morgan fingerprint density at radius 3 is 2.64 bits per heavy atom. The Balaban J connectivity index is 3.26. The number of nitro groups is 1. The van der Waals surface area contributed by atoms with Gasteiger partial charge in [-0.2, -0.15) is 0 Å². The molecule has 14 heavy (non-hydrogen) atoms. The summed E-state index contributed by atoms with van der Waals surface area (Å²) in [5.41, 5.74) is 1.37. The summed E-state index contributed by atoms with van der Waals surface area (Å²) >= 11 is 0. The molecule has 0 aliphatic rings. The summed E-state index contributed by atoms with van der Waals surface area (Å²) in [6.45, 7) is 3.81. The fourth-order valence-corrected chi connectivity index (χ4v) is 1.44. The number of aromatic hydroxyl groups is 1. The molecule has 0 fully saturated rings. The first kappa shape index (κ1) is 10.5. The molecule has 1 rings (SSSR count). The van der Waals surface area contributed by atoms with Crippen LogP contribution in [0.15, 0.2) is 12.1 Å². The second kappa shape index (κ2) is 4.09.